The molecular weight excluding hydrogens is 407 g/mol. The maximum Gasteiger partial charge on any atom is 0.236 e. The molecule has 7 heteroatoms. The number of hydrogen-bond acceptors (Lipinski definition) is 4. The Morgan fingerprint density at radius 2 is 1.79 bits per heavy atom. The van der Waals surface area contributed by atoms with E-state index in [4.69, 9.17) is 34.7 Å². The highest BCUT2D eigenvalue weighted by molar-refractivity contribution is 6.35. The molecule has 1 saturated heterocycles. The molecule has 0 unspecified atom stereocenters. The third kappa shape index (κ3) is 7.86. The average Bonchev–Trinajstić information content (AvgIpc) is 2.75. The molecule has 5 nitrogen and oxygen atoms in total. The van der Waals surface area contributed by atoms with Crippen LogP contribution in [0.15, 0.2) is 48.5 Å². The van der Waals surface area contributed by atoms with Crippen molar-refractivity contribution in [1.29, 1.82) is 0 Å². The topological polar surface area (TPSA) is 75.6 Å². The van der Waals surface area contributed by atoms with Crippen LogP contribution in [0.2, 0.25) is 10.0 Å². The highest BCUT2D eigenvalue weighted by Crippen LogP contribution is 2.21. The van der Waals surface area contributed by atoms with Crippen molar-refractivity contribution in [2.45, 2.75) is 25.3 Å². The lowest BCUT2D eigenvalue weighted by molar-refractivity contribution is -0.131. The molecule has 1 aliphatic heterocycles. The van der Waals surface area contributed by atoms with Crippen LogP contribution in [0.1, 0.15) is 18.4 Å². The number of benzene rings is 2. The molecule has 29 heavy (non-hydrogen) atoms. The molecule has 0 radical (unpaired) electrons. The van der Waals surface area contributed by atoms with E-state index < -0.39 is 0 Å². The molecular formula is C22H30Cl2N4O. The lowest BCUT2D eigenvalue weighted by Crippen LogP contribution is -2.47. The predicted molar refractivity (Wildman–Crippen MR) is 122 cm³/mol. The van der Waals surface area contributed by atoms with E-state index in [0.29, 0.717) is 21.8 Å². The molecule has 3 rings (SSSR count). The molecule has 2 aromatic rings. The van der Waals surface area contributed by atoms with E-state index in [1.54, 1.807) is 18.2 Å². The van der Waals surface area contributed by atoms with Gasteiger partial charge in [0, 0.05) is 37.7 Å². The predicted octanol–water partition coefficient (Wildman–Crippen LogP) is 3.69. The van der Waals surface area contributed by atoms with Gasteiger partial charge in [-0.1, -0.05) is 53.5 Å². The van der Waals surface area contributed by atoms with Gasteiger partial charge in [0.2, 0.25) is 5.91 Å². The van der Waals surface area contributed by atoms with Gasteiger partial charge in [0.25, 0.3) is 0 Å². The summed E-state index contributed by atoms with van der Waals surface area (Å²) in [6.07, 6.45) is 3.21. The van der Waals surface area contributed by atoms with Gasteiger partial charge < -0.3 is 21.3 Å². The number of likely N-dealkylation sites (tertiary alicyclic amines) is 1. The van der Waals surface area contributed by atoms with E-state index in [0.717, 1.165) is 38.9 Å². The Labute approximate surface area is 183 Å². The monoisotopic (exact) mass is 436 g/mol. The highest BCUT2D eigenvalue weighted by atomic mass is 35.5. The van der Waals surface area contributed by atoms with Gasteiger partial charge in [0.1, 0.15) is 0 Å². The number of carbonyl (C=O) groups is 1. The number of nitrogen functional groups attached to an aromatic ring is 1. The molecule has 1 amide bonds. The number of nitrogens with two attached hydrogens (primary N) is 2. The Morgan fingerprint density at radius 3 is 2.34 bits per heavy atom. The Balaban J connectivity index is 0.000000278. The first-order valence-corrected chi connectivity index (χ1v) is 10.6. The van der Waals surface area contributed by atoms with E-state index in [9.17, 15) is 4.79 Å². The van der Waals surface area contributed by atoms with E-state index in [1.165, 1.54) is 5.56 Å². The first-order chi connectivity index (χ1) is 13.9. The summed E-state index contributed by atoms with van der Waals surface area (Å²) in [6, 6.07) is 15.9. The van der Waals surface area contributed by atoms with E-state index in [2.05, 4.69) is 35.2 Å². The summed E-state index contributed by atoms with van der Waals surface area (Å²) in [4.78, 5) is 15.9. The van der Waals surface area contributed by atoms with Crippen molar-refractivity contribution in [2.75, 3.05) is 39.0 Å². The molecule has 1 heterocycles. The Kier molecular flexibility index (Phi) is 9.74. The number of hydrogen-bond donors (Lipinski definition) is 2. The summed E-state index contributed by atoms with van der Waals surface area (Å²) in [7, 11) is 1.87. The Morgan fingerprint density at radius 1 is 1.14 bits per heavy atom. The fraction of sp³-hybridized carbons (Fsp3) is 0.409. The van der Waals surface area contributed by atoms with Crippen molar-refractivity contribution in [1.82, 2.24) is 9.80 Å². The molecule has 0 atom stereocenters. The summed E-state index contributed by atoms with van der Waals surface area (Å²) in [5.74, 6) is 0.0488. The Hall–Kier alpha value is -1.79. The second-order valence-electron chi connectivity index (χ2n) is 7.18. The minimum atomic E-state index is 0.0488. The molecule has 2 aromatic carbocycles. The van der Waals surface area contributed by atoms with Gasteiger partial charge in [-0.15, -0.1) is 0 Å². The van der Waals surface area contributed by atoms with Crippen LogP contribution < -0.4 is 11.5 Å². The van der Waals surface area contributed by atoms with Crippen LogP contribution in [0.5, 0.6) is 0 Å². The van der Waals surface area contributed by atoms with Gasteiger partial charge in [-0.2, -0.15) is 0 Å². The molecule has 0 spiro atoms. The number of nitrogens with zero attached hydrogens (tertiary/aromatic N) is 2. The fourth-order valence-corrected chi connectivity index (χ4v) is 3.62. The second-order valence-corrected chi connectivity index (χ2v) is 8.03. The van der Waals surface area contributed by atoms with Crippen molar-refractivity contribution >= 4 is 34.8 Å². The third-order valence-corrected chi connectivity index (χ3v) is 5.77. The van der Waals surface area contributed by atoms with Gasteiger partial charge in [0.05, 0.1) is 17.3 Å². The molecule has 0 bridgehead atoms. The number of rotatable bonds is 5. The molecule has 1 aliphatic rings. The average molecular weight is 437 g/mol. The number of anilines is 1. The van der Waals surface area contributed by atoms with E-state index >= 15 is 0 Å². The van der Waals surface area contributed by atoms with Gasteiger partial charge in [0.15, 0.2) is 0 Å². The van der Waals surface area contributed by atoms with Gasteiger partial charge in [-0.3, -0.25) is 4.79 Å². The highest BCUT2D eigenvalue weighted by Gasteiger charge is 2.24. The van der Waals surface area contributed by atoms with Crippen LogP contribution >= 0.6 is 23.2 Å². The van der Waals surface area contributed by atoms with Crippen molar-refractivity contribution in [3.8, 4) is 0 Å². The van der Waals surface area contributed by atoms with Crippen LogP contribution in [-0.4, -0.2) is 55.0 Å². The normalized spacial score (nSPS) is 14.8. The van der Waals surface area contributed by atoms with E-state index in [-0.39, 0.29) is 12.5 Å². The number of amides is 1. The van der Waals surface area contributed by atoms with Crippen molar-refractivity contribution < 1.29 is 4.79 Å². The van der Waals surface area contributed by atoms with Crippen LogP contribution in [0.3, 0.4) is 0 Å². The lowest BCUT2D eigenvalue weighted by Gasteiger charge is -2.36. The number of likely N-dealkylation sites (N-methyl/N-ethyl adjacent to an activating group) is 1. The van der Waals surface area contributed by atoms with Crippen molar-refractivity contribution in [3.05, 3.63) is 64.1 Å². The summed E-state index contributed by atoms with van der Waals surface area (Å²) >= 11 is 11.2. The van der Waals surface area contributed by atoms with Crippen LogP contribution in [0.4, 0.5) is 5.69 Å². The maximum atomic E-state index is 11.6. The smallest absolute Gasteiger partial charge is 0.236 e. The SMILES string of the molecule is CN(C(=O)CN)C1CCN(CCc2ccccc2)CC1.Nc1cc(Cl)ccc1Cl. The number of halogens is 2. The molecule has 0 aliphatic carbocycles. The largest absolute Gasteiger partial charge is 0.397 e. The van der Waals surface area contributed by atoms with Gasteiger partial charge in [-0.05, 0) is 43.0 Å². The molecule has 0 saturated carbocycles. The zero-order valence-electron chi connectivity index (χ0n) is 16.9. The van der Waals surface area contributed by atoms with Crippen molar-refractivity contribution in [3.63, 3.8) is 0 Å². The second kappa shape index (κ2) is 12.0. The summed E-state index contributed by atoms with van der Waals surface area (Å²) in [5.41, 5.74) is 12.7. The molecule has 4 N–H and O–H groups in total. The van der Waals surface area contributed by atoms with Crippen molar-refractivity contribution in [2.24, 2.45) is 5.73 Å². The molecule has 0 aromatic heterocycles. The summed E-state index contributed by atoms with van der Waals surface area (Å²) in [6.45, 7) is 3.36. The van der Waals surface area contributed by atoms with Gasteiger partial charge in [-0.25, -0.2) is 0 Å². The van der Waals surface area contributed by atoms with Crippen LogP contribution in [-0.2, 0) is 11.2 Å². The fourth-order valence-electron chi connectivity index (χ4n) is 3.32. The third-order valence-electron chi connectivity index (χ3n) is 5.19. The van der Waals surface area contributed by atoms with Gasteiger partial charge >= 0.3 is 0 Å². The van der Waals surface area contributed by atoms with Crippen LogP contribution in [0, 0.1) is 0 Å². The quantitative estimate of drug-likeness (QED) is 0.700. The molecule has 158 valence electrons. The first-order valence-electron chi connectivity index (χ1n) is 9.83. The lowest BCUT2D eigenvalue weighted by atomic mass is 10.0. The van der Waals surface area contributed by atoms with E-state index in [1.807, 2.05) is 11.9 Å². The standard InChI is InChI=1S/C16H25N3O.C6H5Cl2N/c1-18(16(20)13-17)15-8-11-19(12-9-15)10-7-14-5-3-2-4-6-14;7-4-1-2-5(8)6(9)3-4/h2-6,15H,7-13,17H2,1H3;1-3H,9H2. The first kappa shape index (κ1) is 23.5. The number of piperidine rings is 1. The summed E-state index contributed by atoms with van der Waals surface area (Å²) < 4.78 is 0. The number of carbonyl (C=O) groups excluding carboxylic acids is 1. The summed E-state index contributed by atoms with van der Waals surface area (Å²) in [5, 5.41) is 1.15. The Bertz CT molecular complexity index is 765. The minimum Gasteiger partial charge on any atom is -0.397 e. The maximum absolute atomic E-state index is 11.6. The zero-order valence-corrected chi connectivity index (χ0v) is 18.4. The zero-order chi connectivity index (χ0) is 21.2. The molecule has 1 fully saturated rings. The van der Waals surface area contributed by atoms with Crippen LogP contribution in [0.25, 0.3) is 0 Å². The minimum absolute atomic E-state index is 0.0488.